The van der Waals surface area contributed by atoms with Gasteiger partial charge in [-0.2, -0.15) is 0 Å². The van der Waals surface area contributed by atoms with Gasteiger partial charge < -0.3 is 0 Å². The second-order valence-electron chi connectivity index (χ2n) is 4.38. The van der Waals surface area contributed by atoms with Crippen LogP contribution >= 0.6 is 0 Å². The fourth-order valence-electron chi connectivity index (χ4n) is 1.96. The highest BCUT2D eigenvalue weighted by Crippen LogP contribution is 2.18. The van der Waals surface area contributed by atoms with Crippen molar-refractivity contribution >= 4 is 0 Å². The largest absolute Gasteiger partial charge is 0.285 e. The van der Waals surface area contributed by atoms with Crippen molar-refractivity contribution < 1.29 is 0 Å². The zero-order valence-electron chi connectivity index (χ0n) is 10.4. The number of rotatable bonds is 4. The number of aryl methyl sites for hydroxylation is 2. The number of hydrogen-bond donors (Lipinski definition) is 1. The van der Waals surface area contributed by atoms with Crippen molar-refractivity contribution in [3.05, 3.63) is 46.2 Å². The van der Waals surface area contributed by atoms with Crippen LogP contribution in [0.15, 0.2) is 35.1 Å². The lowest BCUT2D eigenvalue weighted by molar-refractivity contribution is 0.573. The normalized spacial score (nSPS) is 10.7. The van der Waals surface area contributed by atoms with E-state index in [2.05, 4.69) is 31.1 Å². The fraction of sp³-hybridized carbons (Fsp3) is 0.357. The molecule has 1 aromatic carbocycles. The first-order valence-electron chi connectivity index (χ1n) is 6.07. The number of aromatic amines is 1. The summed E-state index contributed by atoms with van der Waals surface area (Å²) in [6, 6.07) is 9.89. The zero-order valence-corrected chi connectivity index (χ0v) is 10.4. The zero-order chi connectivity index (χ0) is 12.3. The average Bonchev–Trinajstić information content (AvgIpc) is 2.68. The van der Waals surface area contributed by atoms with E-state index >= 15 is 0 Å². The predicted molar refractivity (Wildman–Crippen MR) is 70.1 cm³/mol. The van der Waals surface area contributed by atoms with Crippen molar-refractivity contribution in [1.82, 2.24) is 9.78 Å². The van der Waals surface area contributed by atoms with Crippen molar-refractivity contribution in [3.8, 4) is 11.3 Å². The minimum Gasteiger partial charge on any atom is -0.285 e. The molecule has 3 nitrogen and oxygen atoms in total. The summed E-state index contributed by atoms with van der Waals surface area (Å²) < 4.78 is 1.95. The summed E-state index contributed by atoms with van der Waals surface area (Å²) in [6.45, 7) is 5.07. The van der Waals surface area contributed by atoms with Crippen molar-refractivity contribution in [2.45, 2.75) is 33.2 Å². The van der Waals surface area contributed by atoms with Gasteiger partial charge in [-0.05, 0) is 19.4 Å². The maximum atomic E-state index is 11.5. The molecular weight excluding hydrogens is 212 g/mol. The lowest BCUT2D eigenvalue weighted by atomic mass is 10.1. The Morgan fingerprint density at radius 2 is 2.12 bits per heavy atom. The van der Waals surface area contributed by atoms with Crippen LogP contribution in [0.1, 0.15) is 25.3 Å². The van der Waals surface area contributed by atoms with Crippen molar-refractivity contribution in [1.29, 1.82) is 0 Å². The number of unbranched alkanes of at least 4 members (excludes halogenated alkanes) is 1. The molecule has 17 heavy (non-hydrogen) atoms. The number of hydrogen-bond acceptors (Lipinski definition) is 1. The van der Waals surface area contributed by atoms with E-state index in [1.807, 2.05) is 16.8 Å². The highest BCUT2D eigenvalue weighted by Gasteiger charge is 2.06. The first-order valence-corrected chi connectivity index (χ1v) is 6.07. The molecule has 3 heteroatoms. The molecule has 0 aliphatic heterocycles. The van der Waals surface area contributed by atoms with Crippen LogP contribution in [0.5, 0.6) is 0 Å². The molecule has 0 atom stereocenters. The Morgan fingerprint density at radius 3 is 2.82 bits per heavy atom. The van der Waals surface area contributed by atoms with Gasteiger partial charge in [0.1, 0.15) is 0 Å². The van der Waals surface area contributed by atoms with Crippen LogP contribution in [-0.2, 0) is 6.54 Å². The number of aromatic nitrogens is 2. The third kappa shape index (κ3) is 2.67. The molecule has 90 valence electrons. The molecule has 0 fully saturated rings. The molecular formula is C14H18N2O. The van der Waals surface area contributed by atoms with Crippen LogP contribution in [0.2, 0.25) is 0 Å². The van der Waals surface area contributed by atoms with Gasteiger partial charge in [0.05, 0.1) is 5.69 Å². The van der Waals surface area contributed by atoms with Crippen LogP contribution in [0.3, 0.4) is 0 Å². The van der Waals surface area contributed by atoms with Gasteiger partial charge >= 0.3 is 0 Å². The summed E-state index contributed by atoms with van der Waals surface area (Å²) in [5.74, 6) is 0. The Hall–Kier alpha value is -1.77. The number of nitrogens with one attached hydrogen (secondary N) is 1. The second kappa shape index (κ2) is 5.04. The van der Waals surface area contributed by atoms with E-state index in [0.717, 1.165) is 30.6 Å². The SMILES string of the molecule is CCCCn1[nH]c(=O)cc1-c1cccc(C)c1. The van der Waals surface area contributed by atoms with Gasteiger partial charge in [0.15, 0.2) is 0 Å². The summed E-state index contributed by atoms with van der Waals surface area (Å²) >= 11 is 0. The van der Waals surface area contributed by atoms with Crippen LogP contribution in [0.25, 0.3) is 11.3 Å². The molecule has 1 heterocycles. The fourth-order valence-corrected chi connectivity index (χ4v) is 1.96. The molecule has 1 aromatic heterocycles. The topological polar surface area (TPSA) is 37.8 Å². The summed E-state index contributed by atoms with van der Waals surface area (Å²) in [7, 11) is 0. The molecule has 0 saturated carbocycles. The monoisotopic (exact) mass is 230 g/mol. The molecule has 2 rings (SSSR count). The van der Waals surface area contributed by atoms with Gasteiger partial charge in [-0.15, -0.1) is 0 Å². The summed E-state index contributed by atoms with van der Waals surface area (Å²) in [5, 5.41) is 2.86. The quantitative estimate of drug-likeness (QED) is 0.861. The van der Waals surface area contributed by atoms with E-state index in [1.165, 1.54) is 5.56 Å². The Balaban J connectivity index is 2.40. The minimum absolute atomic E-state index is 0.0300. The van der Waals surface area contributed by atoms with Gasteiger partial charge in [-0.3, -0.25) is 14.6 Å². The average molecular weight is 230 g/mol. The smallest absolute Gasteiger partial charge is 0.264 e. The molecule has 2 aromatic rings. The maximum Gasteiger partial charge on any atom is 0.264 e. The third-order valence-electron chi connectivity index (χ3n) is 2.85. The van der Waals surface area contributed by atoms with E-state index in [4.69, 9.17) is 0 Å². The molecule has 0 amide bonds. The van der Waals surface area contributed by atoms with Crippen LogP contribution in [0, 0.1) is 6.92 Å². The molecule has 0 aliphatic rings. The predicted octanol–water partition coefficient (Wildman–Crippen LogP) is 2.95. The Kier molecular flexibility index (Phi) is 3.47. The van der Waals surface area contributed by atoms with Crippen molar-refractivity contribution in [3.63, 3.8) is 0 Å². The molecule has 0 aliphatic carbocycles. The molecule has 0 saturated heterocycles. The van der Waals surface area contributed by atoms with Crippen molar-refractivity contribution in [2.24, 2.45) is 0 Å². The second-order valence-corrected chi connectivity index (χ2v) is 4.38. The Morgan fingerprint density at radius 1 is 1.29 bits per heavy atom. The van der Waals surface area contributed by atoms with E-state index in [9.17, 15) is 4.79 Å². The third-order valence-corrected chi connectivity index (χ3v) is 2.85. The van der Waals surface area contributed by atoms with E-state index in [0.29, 0.717) is 0 Å². The van der Waals surface area contributed by atoms with Crippen LogP contribution < -0.4 is 5.56 Å². The van der Waals surface area contributed by atoms with E-state index < -0.39 is 0 Å². The lowest BCUT2D eigenvalue weighted by Crippen LogP contribution is -2.06. The minimum atomic E-state index is -0.0300. The van der Waals surface area contributed by atoms with Crippen LogP contribution in [0.4, 0.5) is 0 Å². The summed E-state index contributed by atoms with van der Waals surface area (Å²) in [5.41, 5.74) is 3.25. The number of H-pyrrole nitrogens is 1. The van der Waals surface area contributed by atoms with Gasteiger partial charge in [0.2, 0.25) is 0 Å². The summed E-state index contributed by atoms with van der Waals surface area (Å²) in [6.07, 6.45) is 2.19. The molecule has 0 bridgehead atoms. The molecule has 0 radical (unpaired) electrons. The standard InChI is InChI=1S/C14H18N2O/c1-3-4-8-16-13(10-14(17)15-16)12-7-5-6-11(2)9-12/h5-7,9-10H,3-4,8H2,1-2H3,(H,15,17). The van der Waals surface area contributed by atoms with Gasteiger partial charge in [0, 0.05) is 18.2 Å². The lowest BCUT2D eigenvalue weighted by Gasteiger charge is -2.08. The van der Waals surface area contributed by atoms with Gasteiger partial charge in [0.25, 0.3) is 5.56 Å². The van der Waals surface area contributed by atoms with E-state index in [-0.39, 0.29) is 5.56 Å². The van der Waals surface area contributed by atoms with Gasteiger partial charge in [-0.1, -0.05) is 37.1 Å². The molecule has 0 spiro atoms. The number of nitrogens with zero attached hydrogens (tertiary/aromatic N) is 1. The Labute approximate surface area is 101 Å². The van der Waals surface area contributed by atoms with Crippen molar-refractivity contribution in [2.75, 3.05) is 0 Å². The molecule has 1 N–H and O–H groups in total. The van der Waals surface area contributed by atoms with E-state index in [1.54, 1.807) is 6.07 Å². The van der Waals surface area contributed by atoms with Gasteiger partial charge in [-0.25, -0.2) is 0 Å². The summed E-state index contributed by atoms with van der Waals surface area (Å²) in [4.78, 5) is 11.5. The molecule has 0 unspecified atom stereocenters. The Bertz CT molecular complexity index is 551. The highest BCUT2D eigenvalue weighted by atomic mass is 16.1. The van der Waals surface area contributed by atoms with Crippen LogP contribution in [-0.4, -0.2) is 9.78 Å². The number of benzene rings is 1. The maximum absolute atomic E-state index is 11.5. The first-order chi connectivity index (χ1) is 8.20. The highest BCUT2D eigenvalue weighted by molar-refractivity contribution is 5.60. The first kappa shape index (κ1) is 11.7.